The fourth-order valence-corrected chi connectivity index (χ4v) is 3.82. The van der Waals surface area contributed by atoms with Crippen LogP contribution < -0.4 is 10.6 Å². The number of hydrogen-bond donors (Lipinski definition) is 3. The fraction of sp³-hybridized carbons (Fsp3) is 0.857. The van der Waals surface area contributed by atoms with Gasteiger partial charge in [-0.3, -0.25) is 14.5 Å². The molecule has 3 amide bonds. The zero-order valence-electron chi connectivity index (χ0n) is 18.4. The highest BCUT2D eigenvalue weighted by molar-refractivity contribution is 5.95. The number of carbonyl (C=O) groups excluding carboxylic acids is 3. The molecule has 0 aromatic heterocycles. The van der Waals surface area contributed by atoms with Crippen molar-refractivity contribution in [2.45, 2.75) is 51.9 Å². The van der Waals surface area contributed by atoms with Crippen molar-refractivity contribution in [1.29, 1.82) is 0 Å². The molecule has 29 heavy (non-hydrogen) atoms. The lowest BCUT2D eigenvalue weighted by molar-refractivity contribution is -0.133. The molecule has 0 aliphatic heterocycles. The van der Waals surface area contributed by atoms with Crippen LogP contribution in [0.3, 0.4) is 0 Å². The highest BCUT2D eigenvalue weighted by atomic mass is 16.3. The third-order valence-corrected chi connectivity index (χ3v) is 5.50. The SMILES string of the molecule is CCCCN(C(=O)NCCN(C)CCO)C(=O)C(CNC)CC1CCCC(=O)C1. The number of imide groups is 1. The predicted octanol–water partition coefficient (Wildman–Crippen LogP) is 1.23. The molecule has 0 spiro atoms. The molecule has 0 aromatic rings. The highest BCUT2D eigenvalue weighted by Crippen LogP contribution is 2.28. The van der Waals surface area contributed by atoms with Gasteiger partial charge in [-0.2, -0.15) is 0 Å². The molecule has 168 valence electrons. The Hall–Kier alpha value is -1.51. The summed E-state index contributed by atoms with van der Waals surface area (Å²) in [6.45, 7) is 4.56. The maximum absolute atomic E-state index is 13.2. The van der Waals surface area contributed by atoms with E-state index in [1.54, 1.807) is 7.05 Å². The van der Waals surface area contributed by atoms with Crippen LogP contribution in [0.2, 0.25) is 0 Å². The lowest BCUT2D eigenvalue weighted by Gasteiger charge is -2.29. The van der Waals surface area contributed by atoms with Gasteiger partial charge in [-0.15, -0.1) is 0 Å². The van der Waals surface area contributed by atoms with Gasteiger partial charge in [0, 0.05) is 45.6 Å². The predicted molar refractivity (Wildman–Crippen MR) is 114 cm³/mol. The molecule has 0 aromatic carbocycles. The fourth-order valence-electron chi connectivity index (χ4n) is 3.82. The quantitative estimate of drug-likeness (QED) is 0.421. The van der Waals surface area contributed by atoms with Crippen molar-refractivity contribution in [1.82, 2.24) is 20.4 Å². The Bertz CT molecular complexity index is 515. The van der Waals surface area contributed by atoms with E-state index in [0.29, 0.717) is 52.0 Å². The molecule has 3 N–H and O–H groups in total. The average molecular weight is 413 g/mol. The summed E-state index contributed by atoms with van der Waals surface area (Å²) in [5, 5.41) is 14.9. The number of urea groups is 1. The summed E-state index contributed by atoms with van der Waals surface area (Å²) in [4.78, 5) is 41.0. The number of amides is 3. The highest BCUT2D eigenvalue weighted by Gasteiger charge is 2.31. The lowest BCUT2D eigenvalue weighted by Crippen LogP contribution is -2.50. The number of carbonyl (C=O) groups is 3. The standard InChI is InChI=1S/C21H40N4O4/c1-4-5-10-25(21(29)23-9-11-24(3)12-13-26)20(28)18(16-22-2)14-17-7-6-8-19(27)15-17/h17-18,22,26H,4-16H2,1-3H3,(H,23,29). The molecular formula is C21H40N4O4. The minimum Gasteiger partial charge on any atom is -0.395 e. The largest absolute Gasteiger partial charge is 0.395 e. The molecule has 8 nitrogen and oxygen atoms in total. The van der Waals surface area contributed by atoms with Crippen molar-refractivity contribution < 1.29 is 19.5 Å². The number of aliphatic hydroxyl groups is 1. The number of nitrogens with zero attached hydrogens (tertiary/aromatic N) is 2. The summed E-state index contributed by atoms with van der Waals surface area (Å²) in [6, 6.07) is -0.360. The van der Waals surface area contributed by atoms with E-state index in [9.17, 15) is 14.4 Å². The molecule has 1 rings (SSSR count). The maximum atomic E-state index is 13.2. The van der Waals surface area contributed by atoms with Crippen molar-refractivity contribution in [2.75, 3.05) is 53.4 Å². The van der Waals surface area contributed by atoms with E-state index in [1.165, 1.54) is 4.90 Å². The van der Waals surface area contributed by atoms with E-state index in [2.05, 4.69) is 10.6 Å². The molecular weight excluding hydrogens is 372 g/mol. The number of aliphatic hydroxyl groups excluding tert-OH is 1. The first-order valence-electron chi connectivity index (χ1n) is 11.0. The normalized spacial score (nSPS) is 18.0. The van der Waals surface area contributed by atoms with E-state index in [-0.39, 0.29) is 36.2 Å². The van der Waals surface area contributed by atoms with E-state index >= 15 is 0 Å². The monoisotopic (exact) mass is 412 g/mol. The molecule has 8 heteroatoms. The number of likely N-dealkylation sites (N-methyl/N-ethyl adjacent to an activating group) is 1. The summed E-state index contributed by atoms with van der Waals surface area (Å²) < 4.78 is 0. The van der Waals surface area contributed by atoms with Crippen molar-refractivity contribution in [3.63, 3.8) is 0 Å². The van der Waals surface area contributed by atoms with Gasteiger partial charge in [0.25, 0.3) is 0 Å². The first kappa shape index (κ1) is 25.5. The Morgan fingerprint density at radius 2 is 2.03 bits per heavy atom. The van der Waals surface area contributed by atoms with E-state index in [4.69, 9.17) is 5.11 Å². The second-order valence-electron chi connectivity index (χ2n) is 8.09. The zero-order chi connectivity index (χ0) is 21.6. The lowest BCUT2D eigenvalue weighted by atomic mass is 9.81. The number of Topliss-reactive ketones (excluding diaryl/α,β-unsaturated/α-hetero) is 1. The Morgan fingerprint density at radius 3 is 2.66 bits per heavy atom. The molecule has 1 aliphatic rings. The van der Waals surface area contributed by atoms with Gasteiger partial charge in [0.05, 0.1) is 12.5 Å². The molecule has 2 unspecified atom stereocenters. The molecule has 2 atom stereocenters. The van der Waals surface area contributed by atoms with Gasteiger partial charge in [-0.25, -0.2) is 4.79 Å². The van der Waals surface area contributed by atoms with Crippen molar-refractivity contribution >= 4 is 17.7 Å². The van der Waals surface area contributed by atoms with E-state index in [1.807, 2.05) is 18.9 Å². The summed E-state index contributed by atoms with van der Waals surface area (Å²) >= 11 is 0. The van der Waals surface area contributed by atoms with Gasteiger partial charge < -0.3 is 20.6 Å². The summed E-state index contributed by atoms with van der Waals surface area (Å²) in [7, 11) is 3.68. The van der Waals surface area contributed by atoms with Gasteiger partial charge in [0.1, 0.15) is 5.78 Å². The van der Waals surface area contributed by atoms with E-state index in [0.717, 1.165) is 25.7 Å². The van der Waals surface area contributed by atoms with Gasteiger partial charge in [-0.1, -0.05) is 13.3 Å². The Morgan fingerprint density at radius 1 is 1.28 bits per heavy atom. The van der Waals surface area contributed by atoms with Gasteiger partial charge >= 0.3 is 6.03 Å². The Balaban J connectivity index is 2.73. The Kier molecular flexibility index (Phi) is 12.7. The molecule has 0 saturated heterocycles. The van der Waals surface area contributed by atoms with Crippen LogP contribution in [0, 0.1) is 11.8 Å². The third kappa shape index (κ3) is 9.69. The first-order valence-corrected chi connectivity index (χ1v) is 11.0. The topological polar surface area (TPSA) is 102 Å². The van der Waals surface area contributed by atoms with Crippen LogP contribution in [0.25, 0.3) is 0 Å². The van der Waals surface area contributed by atoms with Gasteiger partial charge in [0.2, 0.25) is 5.91 Å². The average Bonchev–Trinajstić information content (AvgIpc) is 2.68. The number of unbranched alkanes of at least 4 members (excludes halogenated alkanes) is 1. The van der Waals surface area contributed by atoms with Crippen LogP contribution in [0.1, 0.15) is 51.9 Å². The molecule has 0 heterocycles. The van der Waals surface area contributed by atoms with E-state index < -0.39 is 0 Å². The smallest absolute Gasteiger partial charge is 0.324 e. The second kappa shape index (κ2) is 14.5. The van der Waals surface area contributed by atoms with Gasteiger partial charge in [-0.05, 0) is 45.7 Å². The van der Waals surface area contributed by atoms with Gasteiger partial charge in [0.15, 0.2) is 0 Å². The number of hydrogen-bond acceptors (Lipinski definition) is 6. The van der Waals surface area contributed by atoms with Crippen molar-refractivity contribution in [3.05, 3.63) is 0 Å². The number of nitrogens with one attached hydrogen (secondary N) is 2. The molecule has 1 aliphatic carbocycles. The minimum absolute atomic E-state index is 0.0704. The first-order chi connectivity index (χ1) is 13.9. The van der Waals surface area contributed by atoms with Crippen LogP contribution in [-0.4, -0.2) is 86.1 Å². The van der Waals surface area contributed by atoms with Crippen LogP contribution in [0.4, 0.5) is 4.79 Å². The second-order valence-corrected chi connectivity index (χ2v) is 8.09. The summed E-state index contributed by atoms with van der Waals surface area (Å²) in [6.07, 6.45) is 5.36. The maximum Gasteiger partial charge on any atom is 0.324 e. The van der Waals surface area contributed by atoms with Crippen LogP contribution in [-0.2, 0) is 9.59 Å². The third-order valence-electron chi connectivity index (χ3n) is 5.50. The summed E-state index contributed by atoms with van der Waals surface area (Å²) in [5.41, 5.74) is 0. The minimum atomic E-state index is -0.360. The molecule has 1 fully saturated rings. The van der Waals surface area contributed by atoms with Crippen molar-refractivity contribution in [3.8, 4) is 0 Å². The van der Waals surface area contributed by atoms with Crippen molar-refractivity contribution in [2.24, 2.45) is 11.8 Å². The molecule has 0 bridgehead atoms. The summed E-state index contributed by atoms with van der Waals surface area (Å²) in [5.74, 6) is 0.0360. The van der Waals surface area contributed by atoms with Crippen LogP contribution in [0.15, 0.2) is 0 Å². The number of rotatable bonds is 13. The van der Waals surface area contributed by atoms with Crippen LogP contribution >= 0.6 is 0 Å². The number of ketones is 1. The molecule has 0 radical (unpaired) electrons. The Labute approximate surface area is 175 Å². The van der Waals surface area contributed by atoms with Crippen LogP contribution in [0.5, 0.6) is 0 Å². The zero-order valence-corrected chi connectivity index (χ0v) is 18.4. The molecule has 1 saturated carbocycles.